The van der Waals surface area contributed by atoms with Gasteiger partial charge in [0.25, 0.3) is 0 Å². The molecule has 0 saturated carbocycles. The highest BCUT2D eigenvalue weighted by Crippen LogP contribution is 2.33. The van der Waals surface area contributed by atoms with Crippen molar-refractivity contribution in [3.8, 4) is 0 Å². The zero-order valence-electron chi connectivity index (χ0n) is 11.2. The summed E-state index contributed by atoms with van der Waals surface area (Å²) in [5.74, 6) is 0.762. The molecule has 2 aromatic rings. The predicted molar refractivity (Wildman–Crippen MR) is 69.2 cm³/mol. The summed E-state index contributed by atoms with van der Waals surface area (Å²) in [7, 11) is 0. The highest BCUT2D eigenvalue weighted by molar-refractivity contribution is 5.21. The summed E-state index contributed by atoms with van der Waals surface area (Å²) in [6.45, 7) is 2.71. The average Bonchev–Trinajstić information content (AvgIpc) is 2.96. The first-order valence-corrected chi connectivity index (χ1v) is 6.58. The van der Waals surface area contributed by atoms with Gasteiger partial charge in [-0.2, -0.15) is 0 Å². The number of nitrogens with zero attached hydrogens (tertiary/aromatic N) is 3. The number of hydrogen-bond acceptors (Lipinski definition) is 5. The molecule has 1 saturated heterocycles. The fourth-order valence-corrected chi connectivity index (χ4v) is 2.69. The fourth-order valence-electron chi connectivity index (χ4n) is 2.69. The fraction of sp³-hybridized carbons (Fsp3) is 0.429. The Morgan fingerprint density at radius 3 is 3.00 bits per heavy atom. The minimum Gasteiger partial charge on any atom is -0.424 e. The molecule has 1 fully saturated rings. The summed E-state index contributed by atoms with van der Waals surface area (Å²) in [5.41, 5.74) is 0.859. The molecule has 0 radical (unpaired) electrons. The van der Waals surface area contributed by atoms with Gasteiger partial charge in [0, 0.05) is 19.5 Å². The van der Waals surface area contributed by atoms with Crippen LogP contribution in [0.3, 0.4) is 0 Å². The number of aliphatic hydroxyl groups is 1. The maximum atomic E-state index is 13.4. The van der Waals surface area contributed by atoms with Gasteiger partial charge in [-0.1, -0.05) is 12.1 Å². The zero-order valence-corrected chi connectivity index (χ0v) is 11.2. The monoisotopic (exact) mass is 277 g/mol. The highest BCUT2D eigenvalue weighted by atomic mass is 19.1. The second-order valence-corrected chi connectivity index (χ2v) is 5.10. The lowest BCUT2D eigenvalue weighted by atomic mass is 10.0. The minimum absolute atomic E-state index is 0.0343. The van der Waals surface area contributed by atoms with Crippen molar-refractivity contribution in [2.75, 3.05) is 6.54 Å². The number of aryl methyl sites for hydroxylation is 1. The van der Waals surface area contributed by atoms with Crippen molar-refractivity contribution in [2.45, 2.75) is 32.0 Å². The topological polar surface area (TPSA) is 62.4 Å². The first-order chi connectivity index (χ1) is 9.61. The number of aromatic nitrogens is 2. The van der Waals surface area contributed by atoms with Gasteiger partial charge in [0.1, 0.15) is 5.82 Å². The third-order valence-electron chi connectivity index (χ3n) is 3.52. The summed E-state index contributed by atoms with van der Waals surface area (Å²) in [6.07, 6.45) is 0.156. The van der Waals surface area contributed by atoms with Gasteiger partial charge in [0.15, 0.2) is 0 Å². The maximum Gasteiger partial charge on any atom is 0.230 e. The van der Waals surface area contributed by atoms with Crippen molar-refractivity contribution >= 4 is 0 Å². The van der Waals surface area contributed by atoms with Crippen LogP contribution < -0.4 is 0 Å². The Labute approximate surface area is 116 Å². The Morgan fingerprint density at radius 1 is 1.45 bits per heavy atom. The molecule has 0 aliphatic carbocycles. The highest BCUT2D eigenvalue weighted by Gasteiger charge is 2.33. The number of benzene rings is 1. The summed E-state index contributed by atoms with van der Waals surface area (Å²) in [5, 5.41) is 17.6. The number of likely N-dealkylation sites (tertiary alicyclic amines) is 1. The lowest BCUT2D eigenvalue weighted by molar-refractivity contribution is 0.167. The van der Waals surface area contributed by atoms with Crippen LogP contribution in [-0.4, -0.2) is 32.9 Å². The van der Waals surface area contributed by atoms with E-state index in [0.29, 0.717) is 31.3 Å². The second-order valence-electron chi connectivity index (χ2n) is 5.10. The second kappa shape index (κ2) is 5.30. The Bertz CT molecular complexity index is 602. The number of hydrogen-bond donors (Lipinski definition) is 1. The van der Waals surface area contributed by atoms with Crippen LogP contribution in [0.2, 0.25) is 0 Å². The molecule has 0 bridgehead atoms. The van der Waals surface area contributed by atoms with E-state index < -0.39 is 6.10 Å². The van der Waals surface area contributed by atoms with Crippen molar-refractivity contribution in [2.24, 2.45) is 0 Å². The van der Waals surface area contributed by atoms with E-state index in [-0.39, 0.29) is 11.9 Å². The molecule has 106 valence electrons. The van der Waals surface area contributed by atoms with Gasteiger partial charge in [-0.05, 0) is 24.1 Å². The van der Waals surface area contributed by atoms with Crippen molar-refractivity contribution in [3.63, 3.8) is 0 Å². The van der Waals surface area contributed by atoms with Gasteiger partial charge in [-0.3, -0.25) is 4.90 Å². The molecule has 1 aliphatic rings. The normalized spacial score (nSPS) is 23.4. The SMILES string of the molecule is Cc1nnc(CN2C[C@H](O)C[C@H]2c2cccc(F)c2)o1. The van der Waals surface area contributed by atoms with E-state index in [1.54, 1.807) is 13.0 Å². The lowest BCUT2D eigenvalue weighted by Gasteiger charge is -2.22. The van der Waals surface area contributed by atoms with Crippen molar-refractivity contribution in [1.82, 2.24) is 15.1 Å². The average molecular weight is 277 g/mol. The molecule has 0 unspecified atom stereocenters. The van der Waals surface area contributed by atoms with Crippen molar-refractivity contribution in [1.29, 1.82) is 0 Å². The van der Waals surface area contributed by atoms with Gasteiger partial charge in [-0.25, -0.2) is 4.39 Å². The molecule has 0 spiro atoms. The molecule has 1 aliphatic heterocycles. The van der Waals surface area contributed by atoms with Gasteiger partial charge < -0.3 is 9.52 Å². The summed E-state index contributed by atoms with van der Waals surface area (Å²) in [4.78, 5) is 2.03. The van der Waals surface area contributed by atoms with E-state index in [2.05, 4.69) is 10.2 Å². The van der Waals surface area contributed by atoms with Crippen molar-refractivity contribution in [3.05, 3.63) is 47.4 Å². The zero-order chi connectivity index (χ0) is 14.1. The quantitative estimate of drug-likeness (QED) is 0.927. The van der Waals surface area contributed by atoms with Crippen LogP contribution in [0.1, 0.15) is 29.8 Å². The first kappa shape index (κ1) is 13.2. The molecule has 6 heteroatoms. The molecule has 3 rings (SSSR count). The minimum atomic E-state index is -0.424. The van der Waals surface area contributed by atoms with E-state index in [9.17, 15) is 9.50 Å². The van der Waals surface area contributed by atoms with Crippen LogP contribution in [-0.2, 0) is 6.54 Å². The van der Waals surface area contributed by atoms with Gasteiger partial charge >= 0.3 is 0 Å². The Morgan fingerprint density at radius 2 is 2.30 bits per heavy atom. The number of rotatable bonds is 3. The molecule has 1 N–H and O–H groups in total. The van der Waals surface area contributed by atoms with E-state index >= 15 is 0 Å². The van der Waals surface area contributed by atoms with Gasteiger partial charge in [-0.15, -0.1) is 10.2 Å². The molecule has 20 heavy (non-hydrogen) atoms. The maximum absolute atomic E-state index is 13.4. The molecule has 2 heterocycles. The summed E-state index contributed by atoms with van der Waals surface area (Å²) < 4.78 is 18.7. The van der Waals surface area contributed by atoms with Crippen LogP contribution in [0, 0.1) is 12.7 Å². The van der Waals surface area contributed by atoms with E-state index in [0.717, 1.165) is 5.56 Å². The third-order valence-corrected chi connectivity index (χ3v) is 3.52. The summed E-state index contributed by atoms with van der Waals surface area (Å²) in [6, 6.07) is 6.45. The molecule has 0 amide bonds. The number of aliphatic hydroxyl groups excluding tert-OH is 1. The van der Waals surface area contributed by atoms with E-state index in [4.69, 9.17) is 4.42 Å². The number of β-amino-alcohol motifs (C(OH)–C–C–N with tert-alkyl or cyclic N) is 1. The molecular formula is C14H16FN3O2. The molecule has 2 atom stereocenters. The van der Waals surface area contributed by atoms with Crippen LogP contribution in [0.5, 0.6) is 0 Å². The van der Waals surface area contributed by atoms with Crippen LogP contribution >= 0.6 is 0 Å². The van der Waals surface area contributed by atoms with Crippen LogP contribution in [0.25, 0.3) is 0 Å². The molecular weight excluding hydrogens is 261 g/mol. The van der Waals surface area contributed by atoms with E-state index in [1.807, 2.05) is 11.0 Å². The third kappa shape index (κ3) is 2.71. The molecule has 1 aromatic heterocycles. The van der Waals surface area contributed by atoms with Gasteiger partial charge in [0.05, 0.1) is 12.6 Å². The van der Waals surface area contributed by atoms with Crippen molar-refractivity contribution < 1.29 is 13.9 Å². The number of halogens is 1. The smallest absolute Gasteiger partial charge is 0.230 e. The van der Waals surface area contributed by atoms with E-state index in [1.165, 1.54) is 12.1 Å². The Hall–Kier alpha value is -1.79. The lowest BCUT2D eigenvalue weighted by Crippen LogP contribution is -2.24. The van der Waals surface area contributed by atoms with Crippen LogP contribution in [0.4, 0.5) is 4.39 Å². The van der Waals surface area contributed by atoms with Gasteiger partial charge in [0.2, 0.25) is 11.8 Å². The largest absolute Gasteiger partial charge is 0.424 e. The standard InChI is InChI=1S/C14H16FN3O2/c1-9-16-17-14(20-9)8-18-7-12(19)6-13(18)10-3-2-4-11(15)5-10/h2-5,12-13,19H,6-8H2,1H3/t12-,13+/m1/s1. The Balaban J connectivity index is 1.81. The summed E-state index contributed by atoms with van der Waals surface area (Å²) >= 11 is 0. The predicted octanol–water partition coefficient (Wildman–Crippen LogP) is 1.83. The van der Waals surface area contributed by atoms with Crippen LogP contribution in [0.15, 0.2) is 28.7 Å². The molecule has 5 nitrogen and oxygen atoms in total. The molecule has 1 aromatic carbocycles. The first-order valence-electron chi connectivity index (χ1n) is 6.58. The Kier molecular flexibility index (Phi) is 3.50.